The predicted molar refractivity (Wildman–Crippen MR) is 74.1 cm³/mol. The Morgan fingerprint density at radius 3 is 2.29 bits per heavy atom. The predicted octanol–water partition coefficient (Wildman–Crippen LogP) is 3.25. The van der Waals surface area contributed by atoms with Crippen molar-refractivity contribution < 1.29 is 10.2 Å². The molecule has 0 aromatic heterocycles. The summed E-state index contributed by atoms with van der Waals surface area (Å²) in [6, 6.07) is 7.82. The maximum Gasteiger partial charge on any atom is 0.0550 e. The van der Waals surface area contributed by atoms with E-state index in [1.54, 1.807) is 0 Å². The van der Waals surface area contributed by atoms with Gasteiger partial charge in [-0.3, -0.25) is 0 Å². The first kappa shape index (κ1) is 14.7. The first-order valence-electron chi connectivity index (χ1n) is 6.17. The molecule has 0 aliphatic carbocycles. The molecule has 3 heteroatoms. The van der Waals surface area contributed by atoms with E-state index in [0.29, 0.717) is 0 Å². The van der Waals surface area contributed by atoms with Gasteiger partial charge in [0.1, 0.15) is 0 Å². The molecule has 0 spiro atoms. The third-order valence-electron chi connectivity index (χ3n) is 3.31. The molecule has 0 aliphatic rings. The molecule has 1 aromatic carbocycles. The molecule has 2 nitrogen and oxygen atoms in total. The van der Waals surface area contributed by atoms with Crippen LogP contribution >= 0.6 is 15.9 Å². The van der Waals surface area contributed by atoms with Gasteiger partial charge in [-0.25, -0.2) is 0 Å². The number of aliphatic hydroxyl groups is 2. The van der Waals surface area contributed by atoms with Crippen LogP contribution in [0, 0.1) is 0 Å². The number of hydrogen-bond acceptors (Lipinski definition) is 2. The van der Waals surface area contributed by atoms with E-state index >= 15 is 0 Å². The van der Waals surface area contributed by atoms with Gasteiger partial charge in [-0.2, -0.15) is 0 Å². The monoisotopic (exact) mass is 300 g/mol. The first-order chi connectivity index (χ1) is 8.20. The van der Waals surface area contributed by atoms with Crippen molar-refractivity contribution in [3.8, 4) is 0 Å². The lowest BCUT2D eigenvalue weighted by molar-refractivity contribution is 0.106. The number of halogens is 1. The molecule has 0 unspecified atom stereocenters. The number of benzene rings is 1. The zero-order valence-corrected chi connectivity index (χ0v) is 11.9. The summed E-state index contributed by atoms with van der Waals surface area (Å²) in [4.78, 5) is 0. The fourth-order valence-corrected chi connectivity index (χ4v) is 2.82. The van der Waals surface area contributed by atoms with Crippen LogP contribution in [-0.4, -0.2) is 23.4 Å². The van der Waals surface area contributed by atoms with Crippen LogP contribution in [-0.2, 0) is 5.41 Å². The largest absolute Gasteiger partial charge is 0.395 e. The van der Waals surface area contributed by atoms with E-state index in [4.69, 9.17) is 0 Å². The van der Waals surface area contributed by atoms with E-state index in [0.717, 1.165) is 35.7 Å². The molecule has 1 aromatic rings. The van der Waals surface area contributed by atoms with Crippen LogP contribution in [0.4, 0.5) is 0 Å². The molecule has 0 radical (unpaired) electrons. The third-order valence-corrected chi connectivity index (χ3v) is 4.00. The Labute approximate surface area is 112 Å². The Hall–Kier alpha value is -0.380. The van der Waals surface area contributed by atoms with E-state index < -0.39 is 5.41 Å². The molecule has 0 amide bonds. The van der Waals surface area contributed by atoms with Gasteiger partial charge in [-0.1, -0.05) is 60.3 Å². The Morgan fingerprint density at radius 2 is 1.76 bits per heavy atom. The molecular weight excluding hydrogens is 280 g/mol. The van der Waals surface area contributed by atoms with E-state index in [1.807, 2.05) is 24.3 Å². The lowest BCUT2D eigenvalue weighted by atomic mass is 9.77. The standard InChI is InChI=1S/C14H21BrO2/c1-2-3-6-9-14(10-16,11-17)12-7-4-5-8-13(12)15/h4-5,7-8,16-17H,2-3,6,9-11H2,1H3. The highest BCUT2D eigenvalue weighted by molar-refractivity contribution is 9.10. The molecule has 1 rings (SSSR count). The van der Waals surface area contributed by atoms with E-state index in [2.05, 4.69) is 22.9 Å². The fourth-order valence-electron chi connectivity index (χ4n) is 2.12. The number of rotatable bonds is 7. The minimum absolute atomic E-state index is 0.0180. The Balaban J connectivity index is 2.94. The maximum atomic E-state index is 9.67. The van der Waals surface area contributed by atoms with Gasteiger partial charge in [0.2, 0.25) is 0 Å². The smallest absolute Gasteiger partial charge is 0.0550 e. The lowest BCUT2D eigenvalue weighted by Gasteiger charge is -2.31. The van der Waals surface area contributed by atoms with Gasteiger partial charge < -0.3 is 10.2 Å². The summed E-state index contributed by atoms with van der Waals surface area (Å²) >= 11 is 3.50. The zero-order chi connectivity index (χ0) is 12.7. The Bertz CT molecular complexity index is 335. The van der Waals surface area contributed by atoms with Crippen LogP contribution in [0.2, 0.25) is 0 Å². The fraction of sp³-hybridized carbons (Fsp3) is 0.571. The molecule has 0 saturated carbocycles. The van der Waals surface area contributed by atoms with E-state index in [9.17, 15) is 10.2 Å². The maximum absolute atomic E-state index is 9.67. The van der Waals surface area contributed by atoms with Gasteiger partial charge >= 0.3 is 0 Å². The summed E-state index contributed by atoms with van der Waals surface area (Å²) in [5.74, 6) is 0. The van der Waals surface area contributed by atoms with Crippen molar-refractivity contribution in [1.29, 1.82) is 0 Å². The number of aliphatic hydroxyl groups excluding tert-OH is 2. The normalized spacial score (nSPS) is 11.8. The highest BCUT2D eigenvalue weighted by Crippen LogP contribution is 2.34. The van der Waals surface area contributed by atoms with Gasteiger partial charge in [0.25, 0.3) is 0 Å². The number of hydrogen-bond donors (Lipinski definition) is 2. The van der Waals surface area contributed by atoms with E-state index in [-0.39, 0.29) is 13.2 Å². The second kappa shape index (κ2) is 7.14. The van der Waals surface area contributed by atoms with Gasteiger partial charge in [0.05, 0.1) is 13.2 Å². The molecule has 0 saturated heterocycles. The van der Waals surface area contributed by atoms with Crippen molar-refractivity contribution in [2.24, 2.45) is 0 Å². The molecule has 0 heterocycles. The molecule has 17 heavy (non-hydrogen) atoms. The molecular formula is C14H21BrO2. The van der Waals surface area contributed by atoms with Gasteiger partial charge in [-0.15, -0.1) is 0 Å². The average Bonchev–Trinajstić information content (AvgIpc) is 2.36. The SMILES string of the molecule is CCCCCC(CO)(CO)c1ccccc1Br. The minimum Gasteiger partial charge on any atom is -0.395 e. The molecule has 0 fully saturated rings. The van der Waals surface area contributed by atoms with Crippen LogP contribution in [0.1, 0.15) is 38.2 Å². The highest BCUT2D eigenvalue weighted by Gasteiger charge is 2.31. The summed E-state index contributed by atoms with van der Waals surface area (Å²) in [5.41, 5.74) is 0.482. The van der Waals surface area contributed by atoms with Crippen molar-refractivity contribution in [2.75, 3.05) is 13.2 Å². The average molecular weight is 301 g/mol. The third kappa shape index (κ3) is 3.54. The molecule has 2 N–H and O–H groups in total. The zero-order valence-electron chi connectivity index (χ0n) is 10.3. The quantitative estimate of drug-likeness (QED) is 0.759. The molecule has 0 bridgehead atoms. The van der Waals surface area contributed by atoms with Gasteiger partial charge in [0.15, 0.2) is 0 Å². The van der Waals surface area contributed by atoms with Crippen molar-refractivity contribution in [1.82, 2.24) is 0 Å². The second-order valence-electron chi connectivity index (χ2n) is 4.53. The summed E-state index contributed by atoms with van der Waals surface area (Å²) in [6.45, 7) is 2.11. The summed E-state index contributed by atoms with van der Waals surface area (Å²) < 4.78 is 0.958. The first-order valence-corrected chi connectivity index (χ1v) is 6.96. The topological polar surface area (TPSA) is 40.5 Å². The van der Waals surface area contributed by atoms with Crippen LogP contribution in [0.15, 0.2) is 28.7 Å². The number of unbranched alkanes of at least 4 members (excludes halogenated alkanes) is 2. The minimum atomic E-state index is -0.519. The molecule has 0 aliphatic heterocycles. The van der Waals surface area contributed by atoms with Crippen LogP contribution in [0.5, 0.6) is 0 Å². The second-order valence-corrected chi connectivity index (χ2v) is 5.39. The Kier molecular flexibility index (Phi) is 6.17. The van der Waals surface area contributed by atoms with Crippen molar-refractivity contribution in [3.05, 3.63) is 34.3 Å². The van der Waals surface area contributed by atoms with Crippen molar-refractivity contribution in [3.63, 3.8) is 0 Å². The van der Waals surface area contributed by atoms with Crippen LogP contribution < -0.4 is 0 Å². The molecule has 0 atom stereocenters. The Morgan fingerprint density at radius 1 is 1.12 bits per heavy atom. The van der Waals surface area contributed by atoms with Gasteiger partial charge in [-0.05, 0) is 18.1 Å². The van der Waals surface area contributed by atoms with Gasteiger partial charge in [0, 0.05) is 9.89 Å². The van der Waals surface area contributed by atoms with E-state index in [1.165, 1.54) is 0 Å². The van der Waals surface area contributed by atoms with Crippen LogP contribution in [0.3, 0.4) is 0 Å². The molecule has 96 valence electrons. The van der Waals surface area contributed by atoms with Crippen molar-refractivity contribution >= 4 is 15.9 Å². The van der Waals surface area contributed by atoms with Crippen LogP contribution in [0.25, 0.3) is 0 Å². The highest BCUT2D eigenvalue weighted by atomic mass is 79.9. The summed E-state index contributed by atoms with van der Waals surface area (Å²) in [5, 5.41) is 19.3. The summed E-state index contributed by atoms with van der Waals surface area (Å²) in [6.07, 6.45) is 4.12. The lowest BCUT2D eigenvalue weighted by Crippen LogP contribution is -2.35. The summed E-state index contributed by atoms with van der Waals surface area (Å²) in [7, 11) is 0. The van der Waals surface area contributed by atoms with Crippen molar-refractivity contribution in [2.45, 2.75) is 38.0 Å².